The summed E-state index contributed by atoms with van der Waals surface area (Å²) < 4.78 is 11.2. The summed E-state index contributed by atoms with van der Waals surface area (Å²) in [6.07, 6.45) is 0. The molecule has 0 spiro atoms. The van der Waals surface area contributed by atoms with E-state index in [4.69, 9.17) is 9.47 Å². The Morgan fingerprint density at radius 3 is 2.55 bits per heavy atom. The van der Waals surface area contributed by atoms with Gasteiger partial charge in [0.05, 0.1) is 30.5 Å². The van der Waals surface area contributed by atoms with Crippen LogP contribution in [0.1, 0.15) is 24.5 Å². The molecule has 0 saturated heterocycles. The first-order valence-corrected chi connectivity index (χ1v) is 7.65. The number of nitrogens with zero attached hydrogens (tertiary/aromatic N) is 1. The number of nitrogens with one attached hydrogen (secondary N) is 1. The van der Waals surface area contributed by atoms with E-state index in [1.54, 1.807) is 11.3 Å². The topological polar surface area (TPSA) is 43.4 Å². The van der Waals surface area contributed by atoms with Crippen molar-refractivity contribution in [3.8, 4) is 11.5 Å². The second kappa shape index (κ2) is 7.14. The summed E-state index contributed by atoms with van der Waals surface area (Å²) in [6, 6.07) is 5.89. The van der Waals surface area contributed by atoms with Crippen LogP contribution in [0.5, 0.6) is 11.5 Å². The van der Waals surface area contributed by atoms with Gasteiger partial charge in [0.1, 0.15) is 0 Å². The van der Waals surface area contributed by atoms with Crippen molar-refractivity contribution in [1.29, 1.82) is 0 Å². The van der Waals surface area contributed by atoms with Gasteiger partial charge in [-0.05, 0) is 32.9 Å². The van der Waals surface area contributed by atoms with Crippen LogP contribution in [0.15, 0.2) is 23.6 Å². The molecule has 0 aliphatic rings. The van der Waals surface area contributed by atoms with E-state index in [-0.39, 0.29) is 0 Å². The number of aryl methyl sites for hydroxylation is 1. The van der Waals surface area contributed by atoms with Crippen LogP contribution >= 0.6 is 11.3 Å². The first-order valence-electron chi connectivity index (χ1n) is 6.77. The zero-order valence-electron chi connectivity index (χ0n) is 12.1. The molecule has 4 nitrogen and oxygen atoms in total. The summed E-state index contributed by atoms with van der Waals surface area (Å²) in [4.78, 5) is 4.43. The van der Waals surface area contributed by atoms with Gasteiger partial charge in [-0.25, -0.2) is 4.98 Å². The number of hydrogen-bond donors (Lipinski definition) is 1. The standard InChI is InChI=1S/C15H20N2O2S/c1-4-18-14-7-6-12(8-15(14)19-5-2)16-9-13-10-20-11(3)17-13/h6-8,10,16H,4-5,9H2,1-3H3. The molecular weight excluding hydrogens is 272 g/mol. The molecule has 2 aromatic rings. The molecule has 0 fully saturated rings. The average Bonchev–Trinajstić information content (AvgIpc) is 2.85. The van der Waals surface area contributed by atoms with E-state index in [9.17, 15) is 0 Å². The molecule has 108 valence electrons. The molecule has 0 bridgehead atoms. The first kappa shape index (κ1) is 14.7. The van der Waals surface area contributed by atoms with Crippen molar-refractivity contribution in [2.75, 3.05) is 18.5 Å². The Kier molecular flexibility index (Phi) is 5.24. The zero-order chi connectivity index (χ0) is 14.4. The Hall–Kier alpha value is -1.75. The van der Waals surface area contributed by atoms with Crippen molar-refractivity contribution in [2.45, 2.75) is 27.3 Å². The minimum atomic E-state index is 0.620. The van der Waals surface area contributed by atoms with Gasteiger partial charge in [-0.1, -0.05) is 0 Å². The van der Waals surface area contributed by atoms with E-state index in [2.05, 4.69) is 15.7 Å². The molecule has 0 atom stereocenters. The summed E-state index contributed by atoms with van der Waals surface area (Å²) >= 11 is 1.66. The lowest BCUT2D eigenvalue weighted by atomic mass is 10.2. The largest absolute Gasteiger partial charge is 0.490 e. The number of aromatic nitrogens is 1. The number of rotatable bonds is 7. The highest BCUT2D eigenvalue weighted by Crippen LogP contribution is 2.30. The summed E-state index contributed by atoms with van der Waals surface area (Å²) in [5.41, 5.74) is 2.06. The Morgan fingerprint density at radius 1 is 1.15 bits per heavy atom. The number of benzene rings is 1. The number of anilines is 1. The highest BCUT2D eigenvalue weighted by atomic mass is 32.1. The van der Waals surface area contributed by atoms with E-state index < -0.39 is 0 Å². The van der Waals surface area contributed by atoms with Crippen LogP contribution in [0, 0.1) is 6.92 Å². The maximum Gasteiger partial charge on any atom is 0.163 e. The van der Waals surface area contributed by atoms with E-state index in [0.717, 1.165) is 27.9 Å². The van der Waals surface area contributed by atoms with Gasteiger partial charge in [0.15, 0.2) is 11.5 Å². The monoisotopic (exact) mass is 292 g/mol. The quantitative estimate of drug-likeness (QED) is 0.841. The van der Waals surface area contributed by atoms with Gasteiger partial charge in [-0.15, -0.1) is 11.3 Å². The SMILES string of the molecule is CCOc1ccc(NCc2csc(C)n2)cc1OCC. The number of thiazole rings is 1. The Balaban J connectivity index is 2.05. The van der Waals surface area contributed by atoms with E-state index in [1.165, 1.54) is 0 Å². The van der Waals surface area contributed by atoms with Crippen LogP contribution in [0.25, 0.3) is 0 Å². The molecule has 5 heteroatoms. The minimum Gasteiger partial charge on any atom is -0.490 e. The Labute approximate surface area is 123 Å². The van der Waals surface area contributed by atoms with Crippen LogP contribution in [0.2, 0.25) is 0 Å². The summed E-state index contributed by atoms with van der Waals surface area (Å²) in [6.45, 7) is 7.90. The molecule has 0 unspecified atom stereocenters. The lowest BCUT2D eigenvalue weighted by molar-refractivity contribution is 0.288. The van der Waals surface area contributed by atoms with Gasteiger partial charge in [0.25, 0.3) is 0 Å². The predicted molar refractivity (Wildman–Crippen MR) is 83.0 cm³/mol. The average molecular weight is 292 g/mol. The van der Waals surface area contributed by atoms with Crippen molar-refractivity contribution in [2.24, 2.45) is 0 Å². The van der Waals surface area contributed by atoms with E-state index in [1.807, 2.05) is 39.0 Å². The van der Waals surface area contributed by atoms with Gasteiger partial charge >= 0.3 is 0 Å². The van der Waals surface area contributed by atoms with Crippen LogP contribution in [0.3, 0.4) is 0 Å². The van der Waals surface area contributed by atoms with Gasteiger partial charge in [0, 0.05) is 17.1 Å². The van der Waals surface area contributed by atoms with Gasteiger partial charge in [0.2, 0.25) is 0 Å². The smallest absolute Gasteiger partial charge is 0.163 e. The molecule has 0 radical (unpaired) electrons. The zero-order valence-corrected chi connectivity index (χ0v) is 12.9. The molecular formula is C15H20N2O2S. The van der Waals surface area contributed by atoms with Crippen LogP contribution < -0.4 is 14.8 Å². The van der Waals surface area contributed by atoms with Gasteiger partial charge in [-0.3, -0.25) is 0 Å². The lowest BCUT2D eigenvalue weighted by Gasteiger charge is -2.13. The molecule has 1 N–H and O–H groups in total. The van der Waals surface area contributed by atoms with Crippen molar-refractivity contribution >= 4 is 17.0 Å². The second-order valence-corrected chi connectivity index (χ2v) is 5.30. The van der Waals surface area contributed by atoms with Gasteiger partial charge < -0.3 is 14.8 Å². The Bertz CT molecular complexity index is 555. The first-order chi connectivity index (χ1) is 9.72. The highest BCUT2D eigenvalue weighted by Gasteiger charge is 2.06. The summed E-state index contributed by atoms with van der Waals surface area (Å²) in [5, 5.41) is 6.51. The third-order valence-corrected chi connectivity index (χ3v) is 3.51. The normalized spacial score (nSPS) is 10.3. The van der Waals surface area contributed by atoms with Gasteiger partial charge in [-0.2, -0.15) is 0 Å². The van der Waals surface area contributed by atoms with Crippen molar-refractivity contribution in [1.82, 2.24) is 4.98 Å². The van der Waals surface area contributed by atoms with Crippen molar-refractivity contribution in [3.63, 3.8) is 0 Å². The van der Waals surface area contributed by atoms with Crippen molar-refractivity contribution < 1.29 is 9.47 Å². The number of ether oxygens (including phenoxy) is 2. The maximum atomic E-state index is 5.61. The molecule has 0 aliphatic carbocycles. The van der Waals surface area contributed by atoms with Crippen molar-refractivity contribution in [3.05, 3.63) is 34.3 Å². The van der Waals surface area contributed by atoms with Crippen LogP contribution in [-0.2, 0) is 6.54 Å². The predicted octanol–water partition coefficient (Wildman–Crippen LogP) is 3.86. The third kappa shape index (κ3) is 3.87. The maximum absolute atomic E-state index is 5.61. The molecule has 20 heavy (non-hydrogen) atoms. The lowest BCUT2D eigenvalue weighted by Crippen LogP contribution is -2.02. The van der Waals surface area contributed by atoms with E-state index in [0.29, 0.717) is 19.8 Å². The molecule has 2 rings (SSSR count). The molecule has 1 aromatic heterocycles. The molecule has 0 aliphatic heterocycles. The fourth-order valence-electron chi connectivity index (χ4n) is 1.84. The number of hydrogen-bond acceptors (Lipinski definition) is 5. The summed E-state index contributed by atoms with van der Waals surface area (Å²) in [7, 11) is 0. The van der Waals surface area contributed by atoms with Crippen LogP contribution in [-0.4, -0.2) is 18.2 Å². The second-order valence-electron chi connectivity index (χ2n) is 4.24. The fraction of sp³-hybridized carbons (Fsp3) is 0.400. The van der Waals surface area contributed by atoms with E-state index >= 15 is 0 Å². The van der Waals surface area contributed by atoms with Crippen LogP contribution in [0.4, 0.5) is 5.69 Å². The highest BCUT2D eigenvalue weighted by molar-refractivity contribution is 7.09. The molecule has 1 aromatic carbocycles. The fourth-order valence-corrected chi connectivity index (χ4v) is 2.46. The molecule has 0 saturated carbocycles. The Morgan fingerprint density at radius 2 is 1.90 bits per heavy atom. The summed E-state index contributed by atoms with van der Waals surface area (Å²) in [5.74, 6) is 1.55. The minimum absolute atomic E-state index is 0.620. The molecule has 0 amide bonds. The molecule has 1 heterocycles. The third-order valence-electron chi connectivity index (χ3n) is 2.68.